The van der Waals surface area contributed by atoms with Crippen molar-refractivity contribution in [2.24, 2.45) is 11.7 Å². The lowest BCUT2D eigenvalue weighted by atomic mass is 10.00. The molecule has 4 N–H and O–H groups in total. The van der Waals surface area contributed by atoms with Crippen LogP contribution < -0.4 is 11.7 Å². The molecule has 0 amide bonds. The van der Waals surface area contributed by atoms with Crippen LogP contribution in [0.15, 0.2) is 79.0 Å². The normalized spacial score (nSPS) is 9.50. The van der Waals surface area contributed by atoms with Gasteiger partial charge in [-0.15, -0.1) is 0 Å². The number of hydrogen-bond donors (Lipinski definition) is 2. The summed E-state index contributed by atoms with van der Waals surface area (Å²) in [5, 5.41) is 0. The number of nitrogens with zero attached hydrogens (tertiary/aromatic N) is 1. The Kier molecular flexibility index (Phi) is 5.00. The Morgan fingerprint density at radius 3 is 1.75 bits per heavy atom. The first kappa shape index (κ1) is 13.9. The summed E-state index contributed by atoms with van der Waals surface area (Å²) in [6.45, 7) is 0. The molecule has 0 radical (unpaired) electrons. The Hall–Kier alpha value is -2.49. The van der Waals surface area contributed by atoms with Crippen molar-refractivity contribution in [2.45, 2.75) is 0 Å². The van der Waals surface area contributed by atoms with Gasteiger partial charge in [0.05, 0.1) is 5.69 Å². The fourth-order valence-electron chi connectivity index (χ4n) is 2.08. The second-order valence-corrected chi connectivity index (χ2v) is 4.13. The molecule has 1 heterocycles. The molecule has 0 saturated carbocycles. The molecule has 0 spiro atoms. The predicted octanol–water partition coefficient (Wildman–Crippen LogP) is 3.23. The van der Waals surface area contributed by atoms with E-state index in [2.05, 4.69) is 59.1 Å². The van der Waals surface area contributed by atoms with E-state index in [0.717, 1.165) is 11.3 Å². The van der Waals surface area contributed by atoms with Gasteiger partial charge in [0, 0.05) is 17.3 Å². The van der Waals surface area contributed by atoms with E-state index in [9.17, 15) is 0 Å². The molecule has 3 aromatic rings. The van der Waals surface area contributed by atoms with Gasteiger partial charge in [-0.05, 0) is 11.6 Å². The first-order chi connectivity index (χ1) is 9.95. The Morgan fingerprint density at radius 2 is 1.15 bits per heavy atom. The van der Waals surface area contributed by atoms with Gasteiger partial charge in [0.25, 0.3) is 0 Å². The van der Waals surface area contributed by atoms with E-state index >= 15 is 0 Å². The van der Waals surface area contributed by atoms with Gasteiger partial charge in [-0.25, -0.2) is 0 Å². The monoisotopic (exact) mass is 263 g/mol. The van der Waals surface area contributed by atoms with Gasteiger partial charge in [-0.3, -0.25) is 16.7 Å². The average molecular weight is 263 g/mol. The number of rotatable bonds is 2. The molecule has 0 atom stereocenters. The molecule has 0 bridgehead atoms. The molecule has 3 heteroatoms. The number of hydrazine groups is 1. The van der Waals surface area contributed by atoms with Crippen molar-refractivity contribution in [1.29, 1.82) is 0 Å². The lowest BCUT2D eigenvalue weighted by molar-refractivity contribution is 1.26. The Morgan fingerprint density at radius 1 is 0.600 bits per heavy atom. The van der Waals surface area contributed by atoms with Crippen LogP contribution in [0, 0.1) is 0 Å². The second kappa shape index (κ2) is 7.19. The lowest BCUT2D eigenvalue weighted by Gasteiger charge is -2.08. The Balaban J connectivity index is 0.000000704. The number of pyridine rings is 1. The molecule has 0 aliphatic carbocycles. The Labute approximate surface area is 118 Å². The third-order valence-corrected chi connectivity index (χ3v) is 2.94. The van der Waals surface area contributed by atoms with Crippen molar-refractivity contribution in [3.63, 3.8) is 0 Å². The van der Waals surface area contributed by atoms with Crippen LogP contribution in [0.25, 0.3) is 22.4 Å². The summed E-state index contributed by atoms with van der Waals surface area (Å²) in [6.07, 6.45) is 1.84. The van der Waals surface area contributed by atoms with Gasteiger partial charge in [-0.2, -0.15) is 0 Å². The van der Waals surface area contributed by atoms with Crippen LogP contribution in [0.1, 0.15) is 0 Å². The fourth-order valence-corrected chi connectivity index (χ4v) is 2.08. The summed E-state index contributed by atoms with van der Waals surface area (Å²) in [5.41, 5.74) is 4.55. The molecule has 100 valence electrons. The summed E-state index contributed by atoms with van der Waals surface area (Å²) in [7, 11) is 0. The third kappa shape index (κ3) is 3.09. The minimum atomic E-state index is 1.03. The molecule has 0 fully saturated rings. The van der Waals surface area contributed by atoms with Crippen LogP contribution in [-0.2, 0) is 0 Å². The van der Waals surface area contributed by atoms with Crippen molar-refractivity contribution < 1.29 is 0 Å². The summed E-state index contributed by atoms with van der Waals surface area (Å²) >= 11 is 0. The van der Waals surface area contributed by atoms with Gasteiger partial charge in [-0.1, -0.05) is 66.7 Å². The maximum atomic E-state index is 4.53. The maximum Gasteiger partial charge on any atom is 0.0780 e. The van der Waals surface area contributed by atoms with Crippen LogP contribution >= 0.6 is 0 Å². The lowest BCUT2D eigenvalue weighted by Crippen LogP contribution is -2.02. The highest BCUT2D eigenvalue weighted by Crippen LogP contribution is 2.29. The SMILES string of the molecule is NN.c1ccc(-c2cccnc2-c2ccccc2)cc1. The zero-order valence-corrected chi connectivity index (χ0v) is 11.1. The van der Waals surface area contributed by atoms with E-state index in [0.29, 0.717) is 0 Å². The predicted molar refractivity (Wildman–Crippen MR) is 83.5 cm³/mol. The van der Waals surface area contributed by atoms with Gasteiger partial charge < -0.3 is 0 Å². The number of nitrogens with two attached hydrogens (primary N) is 2. The molecule has 0 saturated heterocycles. The number of aromatic nitrogens is 1. The van der Waals surface area contributed by atoms with Gasteiger partial charge >= 0.3 is 0 Å². The quantitative estimate of drug-likeness (QED) is 0.551. The molecule has 3 nitrogen and oxygen atoms in total. The second-order valence-electron chi connectivity index (χ2n) is 4.13. The summed E-state index contributed by atoms with van der Waals surface area (Å²) in [5.74, 6) is 8.00. The molecule has 0 aliphatic rings. The van der Waals surface area contributed by atoms with Crippen LogP contribution in [0.3, 0.4) is 0 Å². The molecular formula is C17H17N3. The van der Waals surface area contributed by atoms with Crippen molar-refractivity contribution in [2.75, 3.05) is 0 Å². The molecule has 0 unspecified atom stereocenters. The topological polar surface area (TPSA) is 64.9 Å². The highest BCUT2D eigenvalue weighted by molar-refractivity contribution is 5.80. The third-order valence-electron chi connectivity index (χ3n) is 2.94. The van der Waals surface area contributed by atoms with E-state index in [1.807, 2.05) is 36.5 Å². The van der Waals surface area contributed by atoms with Crippen molar-refractivity contribution >= 4 is 0 Å². The standard InChI is InChI=1S/C17H13N.H4N2/c1-3-8-14(9-4-1)16-12-7-13-18-17(16)15-10-5-2-6-11-15;1-2/h1-13H;1-2H2. The number of benzene rings is 2. The fraction of sp³-hybridized carbons (Fsp3) is 0. The van der Waals surface area contributed by atoms with Crippen LogP contribution in [-0.4, -0.2) is 4.98 Å². The van der Waals surface area contributed by atoms with E-state index < -0.39 is 0 Å². The number of hydrogen-bond acceptors (Lipinski definition) is 3. The molecule has 20 heavy (non-hydrogen) atoms. The van der Waals surface area contributed by atoms with Gasteiger partial charge in [0.15, 0.2) is 0 Å². The minimum absolute atomic E-state index is 1.03. The summed E-state index contributed by atoms with van der Waals surface area (Å²) in [6, 6.07) is 24.7. The van der Waals surface area contributed by atoms with Gasteiger partial charge in [0.1, 0.15) is 0 Å². The maximum absolute atomic E-state index is 4.53. The largest absolute Gasteiger partial charge is 0.274 e. The van der Waals surface area contributed by atoms with Crippen molar-refractivity contribution in [3.8, 4) is 22.4 Å². The van der Waals surface area contributed by atoms with Gasteiger partial charge in [0.2, 0.25) is 0 Å². The highest BCUT2D eigenvalue weighted by atomic mass is 15.0. The zero-order chi connectivity index (χ0) is 14.2. The van der Waals surface area contributed by atoms with Crippen molar-refractivity contribution in [1.82, 2.24) is 4.98 Å². The van der Waals surface area contributed by atoms with E-state index in [-0.39, 0.29) is 0 Å². The highest BCUT2D eigenvalue weighted by Gasteiger charge is 2.06. The summed E-state index contributed by atoms with van der Waals surface area (Å²) < 4.78 is 0. The molecule has 2 aromatic carbocycles. The smallest absolute Gasteiger partial charge is 0.0780 e. The first-order valence-corrected chi connectivity index (χ1v) is 6.34. The summed E-state index contributed by atoms with van der Waals surface area (Å²) in [4.78, 5) is 4.53. The average Bonchev–Trinajstić information content (AvgIpc) is 2.58. The van der Waals surface area contributed by atoms with E-state index in [1.54, 1.807) is 0 Å². The van der Waals surface area contributed by atoms with Crippen LogP contribution in [0.2, 0.25) is 0 Å². The van der Waals surface area contributed by atoms with Crippen LogP contribution in [0.5, 0.6) is 0 Å². The molecule has 0 aliphatic heterocycles. The Bertz CT molecular complexity index is 578. The zero-order valence-electron chi connectivity index (χ0n) is 11.1. The molecule has 3 rings (SSSR count). The van der Waals surface area contributed by atoms with Crippen LogP contribution in [0.4, 0.5) is 0 Å². The molecular weight excluding hydrogens is 246 g/mol. The van der Waals surface area contributed by atoms with Crippen molar-refractivity contribution in [3.05, 3.63) is 79.0 Å². The molecule has 1 aromatic heterocycles. The minimum Gasteiger partial charge on any atom is -0.274 e. The first-order valence-electron chi connectivity index (χ1n) is 6.34. The van der Waals surface area contributed by atoms with E-state index in [1.165, 1.54) is 11.1 Å². The van der Waals surface area contributed by atoms with E-state index in [4.69, 9.17) is 0 Å².